The van der Waals surface area contributed by atoms with Crippen molar-refractivity contribution in [3.05, 3.63) is 53.1 Å². The fourth-order valence-electron chi connectivity index (χ4n) is 2.79. The topological polar surface area (TPSA) is 68.8 Å². The Morgan fingerprint density at radius 1 is 1.22 bits per heavy atom. The second-order valence-corrected chi connectivity index (χ2v) is 5.87. The molecule has 1 heterocycles. The van der Waals surface area contributed by atoms with E-state index in [1.807, 2.05) is 0 Å². The highest BCUT2D eigenvalue weighted by molar-refractivity contribution is 5.90. The van der Waals surface area contributed by atoms with E-state index in [0.29, 0.717) is 42.2 Å². The van der Waals surface area contributed by atoms with E-state index in [4.69, 9.17) is 14.2 Å². The number of carbonyl (C=O) groups is 1. The summed E-state index contributed by atoms with van der Waals surface area (Å²) in [6, 6.07) is 6.15. The average Bonchev–Trinajstić information content (AvgIpc) is 2.64. The Kier molecular flexibility index (Phi) is 6.08. The summed E-state index contributed by atoms with van der Waals surface area (Å²) in [6.07, 6.45) is 0.384. The van der Waals surface area contributed by atoms with Crippen molar-refractivity contribution in [2.24, 2.45) is 0 Å². The molecular formula is C19H20F2N2O4. The van der Waals surface area contributed by atoms with Crippen LogP contribution in [0.1, 0.15) is 18.1 Å². The molecule has 0 saturated heterocycles. The molecule has 6 nitrogen and oxygen atoms in total. The molecule has 0 bridgehead atoms. The number of benzene rings is 2. The number of rotatable bonds is 6. The Morgan fingerprint density at radius 2 is 2.07 bits per heavy atom. The Bertz CT molecular complexity index is 830. The van der Waals surface area contributed by atoms with Crippen LogP contribution in [-0.4, -0.2) is 26.0 Å². The van der Waals surface area contributed by atoms with Gasteiger partial charge in [-0.05, 0) is 43.2 Å². The van der Waals surface area contributed by atoms with E-state index in [-0.39, 0.29) is 24.9 Å². The van der Waals surface area contributed by atoms with E-state index in [9.17, 15) is 13.6 Å². The Hall–Kier alpha value is -2.87. The molecule has 144 valence electrons. The number of nitrogens with one attached hydrogen (secondary N) is 2. The standard InChI is InChI=1S/C19H20F2N2O4/c1-2-26-17-9-14(20)3-4-16(17)23-19(24)22-6-5-12-7-15(21)8-13-10-25-11-27-18(12)13/h3-4,7-9H,2,5-6,10-11H2,1H3,(H2,22,23,24). The highest BCUT2D eigenvalue weighted by Gasteiger charge is 2.17. The first-order valence-corrected chi connectivity index (χ1v) is 8.56. The Labute approximate surface area is 155 Å². The number of amides is 2. The van der Waals surface area contributed by atoms with E-state index in [1.54, 1.807) is 6.92 Å². The van der Waals surface area contributed by atoms with Gasteiger partial charge in [0.25, 0.3) is 0 Å². The summed E-state index contributed by atoms with van der Waals surface area (Å²) >= 11 is 0. The molecule has 2 amide bonds. The lowest BCUT2D eigenvalue weighted by molar-refractivity contribution is -0.0172. The first-order valence-electron chi connectivity index (χ1n) is 8.56. The summed E-state index contributed by atoms with van der Waals surface area (Å²) in [6.45, 7) is 2.77. The predicted octanol–water partition coefficient (Wildman–Crippen LogP) is 3.59. The highest BCUT2D eigenvalue weighted by Crippen LogP contribution is 2.29. The van der Waals surface area contributed by atoms with Gasteiger partial charge < -0.3 is 24.8 Å². The number of halogens is 2. The van der Waals surface area contributed by atoms with Crippen LogP contribution in [0.3, 0.4) is 0 Å². The maximum absolute atomic E-state index is 13.7. The molecule has 27 heavy (non-hydrogen) atoms. The van der Waals surface area contributed by atoms with Gasteiger partial charge in [-0.2, -0.15) is 0 Å². The summed E-state index contributed by atoms with van der Waals surface area (Å²) in [7, 11) is 0. The van der Waals surface area contributed by atoms with Gasteiger partial charge in [-0.15, -0.1) is 0 Å². The van der Waals surface area contributed by atoms with Gasteiger partial charge in [-0.25, -0.2) is 13.6 Å². The Morgan fingerprint density at radius 3 is 2.89 bits per heavy atom. The molecule has 2 aromatic carbocycles. The lowest BCUT2D eigenvalue weighted by atomic mass is 10.1. The molecule has 1 aliphatic rings. The number of ether oxygens (including phenoxy) is 3. The van der Waals surface area contributed by atoms with Crippen molar-refractivity contribution in [3.63, 3.8) is 0 Å². The zero-order valence-electron chi connectivity index (χ0n) is 14.8. The summed E-state index contributed by atoms with van der Waals surface area (Å²) in [4.78, 5) is 12.1. The molecule has 8 heteroatoms. The molecule has 0 aromatic heterocycles. The zero-order valence-corrected chi connectivity index (χ0v) is 14.8. The average molecular weight is 378 g/mol. The fourth-order valence-corrected chi connectivity index (χ4v) is 2.79. The van der Waals surface area contributed by atoms with Crippen LogP contribution in [0.15, 0.2) is 30.3 Å². The van der Waals surface area contributed by atoms with Crippen molar-refractivity contribution in [3.8, 4) is 11.5 Å². The molecule has 0 aliphatic carbocycles. The number of anilines is 1. The van der Waals surface area contributed by atoms with Crippen LogP contribution in [0.2, 0.25) is 0 Å². The van der Waals surface area contributed by atoms with Crippen LogP contribution >= 0.6 is 0 Å². The van der Waals surface area contributed by atoms with E-state index in [0.717, 1.165) is 0 Å². The van der Waals surface area contributed by atoms with Gasteiger partial charge in [0, 0.05) is 18.2 Å². The van der Waals surface area contributed by atoms with Crippen molar-refractivity contribution >= 4 is 11.7 Å². The summed E-state index contributed by atoms with van der Waals surface area (Å²) in [5.41, 5.74) is 1.66. The van der Waals surface area contributed by atoms with E-state index in [1.165, 1.54) is 30.3 Å². The molecule has 0 spiro atoms. The largest absolute Gasteiger partial charge is 0.492 e. The summed E-state index contributed by atoms with van der Waals surface area (Å²) in [5.74, 6) is 0.0153. The maximum Gasteiger partial charge on any atom is 0.319 e. The number of urea groups is 1. The SMILES string of the molecule is CCOc1cc(F)ccc1NC(=O)NCCc1cc(F)cc2c1OCOC2. The van der Waals surface area contributed by atoms with Gasteiger partial charge in [0.15, 0.2) is 6.79 Å². The molecule has 2 N–H and O–H groups in total. The third-order valence-electron chi connectivity index (χ3n) is 3.92. The van der Waals surface area contributed by atoms with Crippen molar-refractivity contribution in [1.29, 1.82) is 0 Å². The van der Waals surface area contributed by atoms with Crippen LogP contribution in [0.5, 0.6) is 11.5 Å². The second-order valence-electron chi connectivity index (χ2n) is 5.87. The van der Waals surface area contributed by atoms with Crippen LogP contribution < -0.4 is 20.1 Å². The monoisotopic (exact) mass is 378 g/mol. The number of hydrogen-bond acceptors (Lipinski definition) is 4. The molecular weight excluding hydrogens is 358 g/mol. The van der Waals surface area contributed by atoms with Gasteiger partial charge in [0.05, 0.1) is 18.9 Å². The normalized spacial score (nSPS) is 12.7. The third kappa shape index (κ3) is 4.85. The molecule has 3 rings (SSSR count). The zero-order chi connectivity index (χ0) is 19.2. The molecule has 0 fully saturated rings. The van der Waals surface area contributed by atoms with Crippen molar-refractivity contribution in [1.82, 2.24) is 5.32 Å². The summed E-state index contributed by atoms with van der Waals surface area (Å²) in [5, 5.41) is 5.30. The van der Waals surface area contributed by atoms with E-state index in [2.05, 4.69) is 10.6 Å². The first kappa shape index (κ1) is 18.9. The first-order chi connectivity index (χ1) is 13.1. The van der Waals surface area contributed by atoms with E-state index >= 15 is 0 Å². The lowest BCUT2D eigenvalue weighted by Gasteiger charge is -2.21. The van der Waals surface area contributed by atoms with Crippen LogP contribution in [-0.2, 0) is 17.8 Å². The van der Waals surface area contributed by atoms with Crippen LogP contribution in [0, 0.1) is 11.6 Å². The predicted molar refractivity (Wildman–Crippen MR) is 95.0 cm³/mol. The molecule has 0 radical (unpaired) electrons. The van der Waals surface area contributed by atoms with Gasteiger partial charge in [-0.3, -0.25) is 0 Å². The van der Waals surface area contributed by atoms with E-state index < -0.39 is 11.8 Å². The summed E-state index contributed by atoms with van der Waals surface area (Å²) < 4.78 is 42.9. The fraction of sp³-hybridized carbons (Fsp3) is 0.316. The number of fused-ring (bicyclic) bond motifs is 1. The van der Waals surface area contributed by atoms with Crippen molar-refractivity contribution in [2.75, 3.05) is 25.3 Å². The minimum atomic E-state index is -0.475. The smallest absolute Gasteiger partial charge is 0.319 e. The number of hydrogen-bond donors (Lipinski definition) is 2. The minimum absolute atomic E-state index is 0.115. The van der Waals surface area contributed by atoms with Crippen molar-refractivity contribution in [2.45, 2.75) is 20.0 Å². The Balaban J connectivity index is 1.59. The molecule has 0 saturated carbocycles. The second kappa shape index (κ2) is 8.68. The van der Waals surface area contributed by atoms with Crippen LogP contribution in [0.4, 0.5) is 19.3 Å². The quantitative estimate of drug-likeness (QED) is 0.806. The highest BCUT2D eigenvalue weighted by atomic mass is 19.1. The van der Waals surface area contributed by atoms with Gasteiger partial charge in [-0.1, -0.05) is 0 Å². The van der Waals surface area contributed by atoms with Crippen molar-refractivity contribution < 1.29 is 27.8 Å². The maximum atomic E-state index is 13.7. The molecule has 0 unspecified atom stereocenters. The molecule has 0 atom stereocenters. The van der Waals surface area contributed by atoms with Gasteiger partial charge >= 0.3 is 6.03 Å². The minimum Gasteiger partial charge on any atom is -0.492 e. The lowest BCUT2D eigenvalue weighted by Crippen LogP contribution is -2.30. The van der Waals surface area contributed by atoms with Gasteiger partial charge in [0.1, 0.15) is 23.1 Å². The third-order valence-corrected chi connectivity index (χ3v) is 3.92. The molecule has 1 aliphatic heterocycles. The van der Waals surface area contributed by atoms with Crippen LogP contribution in [0.25, 0.3) is 0 Å². The molecule has 2 aromatic rings. The number of carbonyl (C=O) groups excluding carboxylic acids is 1. The van der Waals surface area contributed by atoms with Gasteiger partial charge in [0.2, 0.25) is 0 Å².